The van der Waals surface area contributed by atoms with E-state index in [-0.39, 0.29) is 33.9 Å². The third-order valence-corrected chi connectivity index (χ3v) is 13.0. The highest BCUT2D eigenvalue weighted by atomic mass is 31.2. The summed E-state index contributed by atoms with van der Waals surface area (Å²) in [5.41, 5.74) is 0.561. The molecule has 0 aliphatic heterocycles. The first-order chi connectivity index (χ1) is 13.9. The number of hydrogen-bond donors (Lipinski definition) is 0. The Hall–Kier alpha value is -0.630. The first-order valence-electron chi connectivity index (χ1n) is 12.0. The fraction of sp³-hybridized carbons (Fsp3) is 0.769. The van der Waals surface area contributed by atoms with Gasteiger partial charge in [-0.1, -0.05) is 59.7 Å². The van der Waals surface area contributed by atoms with Crippen molar-refractivity contribution in [1.29, 1.82) is 0 Å². The van der Waals surface area contributed by atoms with Gasteiger partial charge < -0.3 is 9.05 Å². The van der Waals surface area contributed by atoms with Crippen molar-refractivity contribution in [3.63, 3.8) is 0 Å². The highest BCUT2D eigenvalue weighted by Gasteiger charge is 2.65. The lowest BCUT2D eigenvalue weighted by Gasteiger charge is -2.42. The Morgan fingerprint density at radius 3 is 1.53 bits per heavy atom. The van der Waals surface area contributed by atoms with E-state index in [4.69, 9.17) is 9.05 Å². The summed E-state index contributed by atoms with van der Waals surface area (Å²) in [5, 5.41) is 0.721. The van der Waals surface area contributed by atoms with Gasteiger partial charge in [-0.05, 0) is 84.2 Å². The average Bonchev–Trinajstić information content (AvgIpc) is 3.21. The second-order valence-electron chi connectivity index (χ2n) is 12.2. The number of hydrogen-bond acceptors (Lipinski definition) is 3. The van der Waals surface area contributed by atoms with E-state index < -0.39 is 7.60 Å². The zero-order valence-corrected chi connectivity index (χ0v) is 20.5. The van der Waals surface area contributed by atoms with Crippen LogP contribution in [0.3, 0.4) is 0 Å². The van der Waals surface area contributed by atoms with Crippen molar-refractivity contribution in [2.45, 2.75) is 92.3 Å². The molecule has 0 aromatic heterocycles. The molecule has 5 rings (SSSR count). The molecule has 1 aromatic rings. The van der Waals surface area contributed by atoms with E-state index in [1.807, 2.05) is 30.3 Å². The number of fused-ring (bicyclic) bond motifs is 4. The van der Waals surface area contributed by atoms with Crippen LogP contribution < -0.4 is 5.30 Å². The normalized spacial score (nSPS) is 45.0. The zero-order valence-electron chi connectivity index (χ0n) is 19.6. The lowest BCUT2D eigenvalue weighted by atomic mass is 9.70. The summed E-state index contributed by atoms with van der Waals surface area (Å²) in [6.07, 6.45) is 6.82. The van der Waals surface area contributed by atoms with E-state index in [1.165, 1.54) is 12.8 Å². The van der Waals surface area contributed by atoms with E-state index >= 15 is 0 Å². The summed E-state index contributed by atoms with van der Waals surface area (Å²) in [4.78, 5) is 0. The Kier molecular flexibility index (Phi) is 4.57. The van der Waals surface area contributed by atoms with Crippen LogP contribution in [0.5, 0.6) is 0 Å². The minimum Gasteiger partial charge on any atom is -0.301 e. The number of rotatable bonds is 5. The van der Waals surface area contributed by atoms with Crippen LogP contribution >= 0.6 is 7.60 Å². The molecule has 0 radical (unpaired) electrons. The van der Waals surface area contributed by atoms with E-state index in [9.17, 15) is 4.57 Å². The monoisotopic (exact) mass is 430 g/mol. The largest absolute Gasteiger partial charge is 0.361 e. The van der Waals surface area contributed by atoms with Gasteiger partial charge in [0.1, 0.15) is 0 Å². The second-order valence-corrected chi connectivity index (χ2v) is 14.2. The van der Waals surface area contributed by atoms with Crippen molar-refractivity contribution in [2.24, 2.45) is 33.5 Å². The van der Waals surface area contributed by atoms with Gasteiger partial charge in [0.2, 0.25) is 0 Å². The second kappa shape index (κ2) is 6.46. The molecule has 4 aliphatic carbocycles. The van der Waals surface area contributed by atoms with Crippen LogP contribution in [0.2, 0.25) is 0 Å². The van der Waals surface area contributed by atoms with Gasteiger partial charge in [0.25, 0.3) is 0 Å². The van der Waals surface area contributed by atoms with Gasteiger partial charge in [-0.2, -0.15) is 0 Å². The molecule has 6 atom stereocenters. The van der Waals surface area contributed by atoms with Crippen LogP contribution in [-0.4, -0.2) is 12.2 Å². The van der Waals surface area contributed by atoms with Gasteiger partial charge in [0, 0.05) is 0 Å². The molecule has 166 valence electrons. The van der Waals surface area contributed by atoms with Gasteiger partial charge >= 0.3 is 7.60 Å². The predicted octanol–water partition coefficient (Wildman–Crippen LogP) is 6.97. The summed E-state index contributed by atoms with van der Waals surface area (Å²) in [6, 6.07) is 9.74. The standard InChI is InChI=1S/C26H39O3P/c1-23(2)18-12-14-25(23,5)21(16-18)28-30(27,20-10-8-7-9-11-20)29-22-17-19-13-15-26(22,6)24(19,3)4/h7-11,18-19,21-22H,12-17H2,1-6H3. The first kappa shape index (κ1) is 21.2. The summed E-state index contributed by atoms with van der Waals surface area (Å²) < 4.78 is 27.9. The van der Waals surface area contributed by atoms with E-state index in [0.29, 0.717) is 11.8 Å². The number of benzene rings is 1. The van der Waals surface area contributed by atoms with Crippen molar-refractivity contribution >= 4 is 12.9 Å². The minimum absolute atomic E-state index is 0.00306. The lowest BCUT2D eigenvalue weighted by molar-refractivity contribution is -0.0112. The van der Waals surface area contributed by atoms with Crippen molar-refractivity contribution < 1.29 is 13.6 Å². The molecule has 4 saturated carbocycles. The maximum atomic E-state index is 14.5. The molecular weight excluding hydrogens is 391 g/mol. The van der Waals surface area contributed by atoms with Crippen LogP contribution in [-0.2, 0) is 13.6 Å². The fourth-order valence-corrected chi connectivity index (χ4v) is 9.81. The van der Waals surface area contributed by atoms with Gasteiger partial charge in [0.05, 0.1) is 17.5 Å². The van der Waals surface area contributed by atoms with Gasteiger partial charge in [0.15, 0.2) is 0 Å². The zero-order chi connectivity index (χ0) is 21.6. The van der Waals surface area contributed by atoms with E-state index in [2.05, 4.69) is 41.5 Å². The molecule has 30 heavy (non-hydrogen) atoms. The molecule has 4 aliphatic rings. The molecular formula is C26H39O3P. The Labute approximate surface area is 182 Å². The van der Waals surface area contributed by atoms with E-state index in [1.54, 1.807) is 0 Å². The highest BCUT2D eigenvalue weighted by molar-refractivity contribution is 7.62. The summed E-state index contributed by atoms with van der Waals surface area (Å²) >= 11 is 0. The molecule has 6 unspecified atom stereocenters. The third-order valence-electron chi connectivity index (χ3n) is 11.0. The first-order valence-corrected chi connectivity index (χ1v) is 13.5. The van der Waals surface area contributed by atoms with Gasteiger partial charge in [-0.3, -0.25) is 4.57 Å². The summed E-state index contributed by atoms with van der Waals surface area (Å²) in [5.74, 6) is 1.30. The maximum Gasteiger partial charge on any atom is 0.361 e. The fourth-order valence-electron chi connectivity index (χ4n) is 7.67. The smallest absolute Gasteiger partial charge is 0.301 e. The average molecular weight is 431 g/mol. The van der Waals surface area contributed by atoms with Crippen molar-refractivity contribution in [3.05, 3.63) is 30.3 Å². The Balaban J connectivity index is 1.48. The molecule has 0 heterocycles. The minimum atomic E-state index is -3.43. The van der Waals surface area contributed by atoms with Crippen LogP contribution in [0.25, 0.3) is 0 Å². The topological polar surface area (TPSA) is 35.5 Å². The van der Waals surface area contributed by atoms with Crippen molar-refractivity contribution in [3.8, 4) is 0 Å². The van der Waals surface area contributed by atoms with E-state index in [0.717, 1.165) is 31.0 Å². The van der Waals surface area contributed by atoms with Crippen molar-refractivity contribution in [2.75, 3.05) is 0 Å². The van der Waals surface area contributed by atoms with Crippen LogP contribution in [0, 0.1) is 33.5 Å². The van der Waals surface area contributed by atoms with Crippen LogP contribution in [0.15, 0.2) is 30.3 Å². The molecule has 4 bridgehead atoms. The third kappa shape index (κ3) is 2.61. The SMILES string of the molecule is CC1(C)C2CCC1(C)C(OP(=O)(OC1CC3CCC1(C)C3(C)C)c1ccccc1)C2. The Bertz CT molecular complexity index is 828. The van der Waals surface area contributed by atoms with Gasteiger partial charge in [-0.15, -0.1) is 0 Å². The molecule has 1 aromatic carbocycles. The molecule has 4 heteroatoms. The summed E-state index contributed by atoms with van der Waals surface area (Å²) in [6.45, 7) is 14.2. The molecule has 3 nitrogen and oxygen atoms in total. The maximum absolute atomic E-state index is 14.5. The molecule has 0 spiro atoms. The molecule has 4 fully saturated rings. The highest BCUT2D eigenvalue weighted by Crippen LogP contribution is 2.72. The molecule has 0 N–H and O–H groups in total. The molecule has 0 amide bonds. The van der Waals surface area contributed by atoms with Crippen LogP contribution in [0.1, 0.15) is 80.1 Å². The van der Waals surface area contributed by atoms with Crippen LogP contribution in [0.4, 0.5) is 0 Å². The Morgan fingerprint density at radius 1 is 0.767 bits per heavy atom. The Morgan fingerprint density at radius 2 is 1.20 bits per heavy atom. The quantitative estimate of drug-likeness (QED) is 0.473. The van der Waals surface area contributed by atoms with Gasteiger partial charge in [-0.25, -0.2) is 0 Å². The molecule has 0 saturated heterocycles. The lowest BCUT2D eigenvalue weighted by Crippen LogP contribution is -2.40. The predicted molar refractivity (Wildman–Crippen MR) is 122 cm³/mol. The summed E-state index contributed by atoms with van der Waals surface area (Å²) in [7, 11) is -3.43. The van der Waals surface area contributed by atoms with Crippen molar-refractivity contribution in [1.82, 2.24) is 0 Å².